The summed E-state index contributed by atoms with van der Waals surface area (Å²) < 4.78 is 25.3. The van der Waals surface area contributed by atoms with Crippen LogP contribution in [0.3, 0.4) is 0 Å². The maximum absolute atomic E-state index is 5.57. The molecule has 180 valence electrons. The number of nitrogens with one attached hydrogen (secondary N) is 1. The third-order valence-electron chi connectivity index (χ3n) is 5.36. The van der Waals surface area contributed by atoms with Gasteiger partial charge in [-0.3, -0.25) is 0 Å². The first-order valence-electron chi connectivity index (χ1n) is 11.0. The van der Waals surface area contributed by atoms with E-state index in [2.05, 4.69) is 55.8 Å². The summed E-state index contributed by atoms with van der Waals surface area (Å²) in [7, 11) is 6.50. The van der Waals surface area contributed by atoms with Crippen molar-refractivity contribution in [2.24, 2.45) is 0 Å². The Morgan fingerprint density at radius 3 is 1.94 bits per heavy atom. The van der Waals surface area contributed by atoms with Crippen molar-refractivity contribution in [2.75, 3.05) is 33.2 Å². The lowest BCUT2D eigenvalue weighted by atomic mass is 9.87. The highest BCUT2D eigenvalue weighted by Gasteiger charge is 2.14. The molecule has 0 aliphatic rings. The van der Waals surface area contributed by atoms with Crippen LogP contribution in [0.15, 0.2) is 59.5 Å². The standard InChI is InChI=1S/C28H33NO4S/c1-28(2,3)21-9-8-10-22(18-21)34-29-23-15-19(13-14-24(23)30-4)11-12-20-16-25(31-5)27(33-7)26(17-20)32-6/h8-18,29H,1-7H3/b12-11-. The molecule has 3 aromatic carbocycles. The van der Waals surface area contributed by atoms with Crippen molar-refractivity contribution in [3.8, 4) is 23.0 Å². The van der Waals surface area contributed by atoms with Gasteiger partial charge in [-0.2, -0.15) is 0 Å². The van der Waals surface area contributed by atoms with Crippen molar-refractivity contribution in [2.45, 2.75) is 31.1 Å². The molecule has 0 aliphatic heterocycles. The van der Waals surface area contributed by atoms with Crippen LogP contribution in [0.1, 0.15) is 37.5 Å². The number of hydrogen-bond donors (Lipinski definition) is 1. The Hall–Kier alpha value is -3.25. The highest BCUT2D eigenvalue weighted by Crippen LogP contribution is 2.39. The lowest BCUT2D eigenvalue weighted by Crippen LogP contribution is -2.10. The van der Waals surface area contributed by atoms with Gasteiger partial charge >= 0.3 is 0 Å². The van der Waals surface area contributed by atoms with Gasteiger partial charge in [0.15, 0.2) is 11.5 Å². The Bertz CT molecular complexity index is 1130. The molecule has 1 N–H and O–H groups in total. The van der Waals surface area contributed by atoms with E-state index >= 15 is 0 Å². The highest BCUT2D eigenvalue weighted by molar-refractivity contribution is 8.00. The van der Waals surface area contributed by atoms with Crippen LogP contribution in [-0.4, -0.2) is 28.4 Å². The van der Waals surface area contributed by atoms with E-state index in [1.165, 1.54) is 5.56 Å². The van der Waals surface area contributed by atoms with Crippen LogP contribution in [0.2, 0.25) is 0 Å². The van der Waals surface area contributed by atoms with E-state index in [9.17, 15) is 0 Å². The minimum Gasteiger partial charge on any atom is -0.495 e. The molecule has 0 bridgehead atoms. The normalized spacial score (nSPS) is 11.4. The lowest BCUT2D eigenvalue weighted by molar-refractivity contribution is 0.324. The van der Waals surface area contributed by atoms with E-state index < -0.39 is 0 Å². The fraction of sp³-hybridized carbons (Fsp3) is 0.286. The predicted octanol–water partition coefficient (Wildman–Crippen LogP) is 7.31. The van der Waals surface area contributed by atoms with E-state index in [0.29, 0.717) is 17.2 Å². The number of hydrogen-bond acceptors (Lipinski definition) is 6. The van der Waals surface area contributed by atoms with Crippen molar-refractivity contribution < 1.29 is 18.9 Å². The van der Waals surface area contributed by atoms with Crippen LogP contribution in [0, 0.1) is 0 Å². The Morgan fingerprint density at radius 1 is 0.706 bits per heavy atom. The molecule has 0 fully saturated rings. The molecule has 0 spiro atoms. The fourth-order valence-corrected chi connectivity index (χ4v) is 4.16. The molecule has 0 atom stereocenters. The zero-order chi connectivity index (χ0) is 24.7. The molecule has 0 saturated heterocycles. The summed E-state index contributed by atoms with van der Waals surface area (Å²) in [6.07, 6.45) is 4.05. The molecule has 0 amide bonds. The van der Waals surface area contributed by atoms with Gasteiger partial charge in [-0.05, 0) is 70.5 Å². The largest absolute Gasteiger partial charge is 0.495 e. The lowest BCUT2D eigenvalue weighted by Gasteiger charge is -2.19. The van der Waals surface area contributed by atoms with Crippen LogP contribution < -0.4 is 23.7 Å². The minimum absolute atomic E-state index is 0.103. The van der Waals surface area contributed by atoms with Gasteiger partial charge in [0.1, 0.15) is 5.75 Å². The maximum Gasteiger partial charge on any atom is 0.203 e. The van der Waals surface area contributed by atoms with E-state index in [1.54, 1.807) is 40.4 Å². The van der Waals surface area contributed by atoms with Gasteiger partial charge < -0.3 is 23.7 Å². The topological polar surface area (TPSA) is 49.0 Å². The molecule has 0 saturated carbocycles. The summed E-state index contributed by atoms with van der Waals surface area (Å²) in [4.78, 5) is 1.15. The highest BCUT2D eigenvalue weighted by atomic mass is 32.2. The van der Waals surface area contributed by atoms with Crippen LogP contribution >= 0.6 is 11.9 Å². The van der Waals surface area contributed by atoms with E-state index in [4.69, 9.17) is 18.9 Å². The molecule has 0 unspecified atom stereocenters. The summed E-state index contributed by atoms with van der Waals surface area (Å²) in [6, 6.07) is 18.5. The number of benzene rings is 3. The summed E-state index contributed by atoms with van der Waals surface area (Å²) >= 11 is 1.57. The molecule has 5 nitrogen and oxygen atoms in total. The second-order valence-electron chi connectivity index (χ2n) is 8.73. The zero-order valence-corrected chi connectivity index (χ0v) is 21.7. The molecule has 0 radical (unpaired) electrons. The number of rotatable bonds is 9. The number of ether oxygens (including phenoxy) is 4. The molecular weight excluding hydrogens is 446 g/mol. The van der Waals surface area contributed by atoms with Crippen LogP contribution in [0.5, 0.6) is 23.0 Å². The molecular formula is C28H33NO4S. The summed E-state index contributed by atoms with van der Waals surface area (Å²) in [5.74, 6) is 2.59. The summed E-state index contributed by atoms with van der Waals surface area (Å²) in [6.45, 7) is 6.66. The van der Waals surface area contributed by atoms with Crippen molar-refractivity contribution in [3.05, 3.63) is 71.3 Å². The predicted molar refractivity (Wildman–Crippen MR) is 143 cm³/mol. The number of anilines is 1. The Kier molecular flexibility index (Phi) is 8.40. The third kappa shape index (κ3) is 6.20. The van der Waals surface area contributed by atoms with Gasteiger partial charge in [0, 0.05) is 4.90 Å². The van der Waals surface area contributed by atoms with Crippen molar-refractivity contribution >= 4 is 29.8 Å². The van der Waals surface area contributed by atoms with Gasteiger partial charge in [0.05, 0.1) is 34.1 Å². The fourth-order valence-electron chi connectivity index (χ4n) is 3.44. The quantitative estimate of drug-likeness (QED) is 0.256. The SMILES string of the molecule is COc1ccc(/C=C\c2cc(OC)c(OC)c(OC)c2)cc1NSc1cccc(C(C)(C)C)c1. The van der Waals surface area contributed by atoms with Crippen LogP contribution in [-0.2, 0) is 5.41 Å². The molecule has 3 aromatic rings. The van der Waals surface area contributed by atoms with Gasteiger partial charge in [-0.1, -0.05) is 51.1 Å². The summed E-state index contributed by atoms with van der Waals surface area (Å²) in [5.41, 5.74) is 4.27. The summed E-state index contributed by atoms with van der Waals surface area (Å²) in [5, 5.41) is 0. The van der Waals surface area contributed by atoms with E-state index in [1.807, 2.05) is 36.4 Å². The van der Waals surface area contributed by atoms with Gasteiger partial charge in [0.2, 0.25) is 5.75 Å². The Morgan fingerprint density at radius 2 is 1.35 bits per heavy atom. The first-order valence-corrected chi connectivity index (χ1v) is 11.8. The second kappa shape index (κ2) is 11.3. The molecule has 6 heteroatoms. The monoisotopic (exact) mass is 479 g/mol. The minimum atomic E-state index is 0.103. The first kappa shape index (κ1) is 25.4. The first-order chi connectivity index (χ1) is 16.3. The van der Waals surface area contributed by atoms with Crippen LogP contribution in [0.25, 0.3) is 12.2 Å². The Labute approximate surface area is 207 Å². The smallest absolute Gasteiger partial charge is 0.203 e. The molecule has 3 rings (SSSR count). The van der Waals surface area contributed by atoms with Gasteiger partial charge in [-0.15, -0.1) is 0 Å². The number of methoxy groups -OCH3 is 4. The van der Waals surface area contributed by atoms with Gasteiger partial charge in [-0.25, -0.2) is 0 Å². The van der Waals surface area contributed by atoms with Crippen LogP contribution in [0.4, 0.5) is 5.69 Å². The third-order valence-corrected chi connectivity index (χ3v) is 6.17. The van der Waals surface area contributed by atoms with Crippen molar-refractivity contribution in [1.29, 1.82) is 0 Å². The molecule has 0 aliphatic carbocycles. The van der Waals surface area contributed by atoms with E-state index in [-0.39, 0.29) is 5.41 Å². The average Bonchev–Trinajstić information content (AvgIpc) is 2.85. The zero-order valence-electron chi connectivity index (χ0n) is 20.9. The van der Waals surface area contributed by atoms with Crippen molar-refractivity contribution in [1.82, 2.24) is 0 Å². The maximum atomic E-state index is 5.57. The average molecular weight is 480 g/mol. The van der Waals surface area contributed by atoms with Crippen molar-refractivity contribution in [3.63, 3.8) is 0 Å². The van der Waals surface area contributed by atoms with E-state index in [0.717, 1.165) is 27.5 Å². The molecule has 0 aromatic heterocycles. The van der Waals surface area contributed by atoms with Gasteiger partial charge in [0.25, 0.3) is 0 Å². The Balaban J connectivity index is 1.83. The second-order valence-corrected chi connectivity index (χ2v) is 9.61. The molecule has 0 heterocycles. The molecule has 34 heavy (non-hydrogen) atoms.